The standard InChI is InChI=1S/C13H16BrClN2O2/c1-4-11(18)16-8-5-6-9(15)10(7-8)17-12(19)13(2,3)14/h5-7H,4H2,1-3H3,(H,16,18)(H,17,19). The molecular weight excluding hydrogens is 332 g/mol. The van der Waals surface area contributed by atoms with Gasteiger partial charge in [0.15, 0.2) is 0 Å². The zero-order chi connectivity index (χ0) is 14.6. The van der Waals surface area contributed by atoms with Crippen LogP contribution in [0.3, 0.4) is 0 Å². The largest absolute Gasteiger partial charge is 0.326 e. The molecule has 0 aromatic heterocycles. The maximum absolute atomic E-state index is 11.9. The highest BCUT2D eigenvalue weighted by Gasteiger charge is 2.24. The molecule has 1 aromatic carbocycles. The van der Waals surface area contributed by atoms with Crippen LogP contribution in [0, 0.1) is 0 Å². The van der Waals surface area contributed by atoms with Gasteiger partial charge >= 0.3 is 0 Å². The molecule has 0 aliphatic rings. The molecular formula is C13H16BrClN2O2. The minimum Gasteiger partial charge on any atom is -0.326 e. The van der Waals surface area contributed by atoms with Crippen molar-refractivity contribution >= 4 is 50.7 Å². The quantitative estimate of drug-likeness (QED) is 0.814. The van der Waals surface area contributed by atoms with E-state index in [0.29, 0.717) is 22.8 Å². The molecule has 2 amide bonds. The second kappa shape index (κ2) is 6.39. The van der Waals surface area contributed by atoms with Gasteiger partial charge < -0.3 is 10.6 Å². The van der Waals surface area contributed by atoms with E-state index in [1.807, 2.05) is 0 Å². The Balaban J connectivity index is 2.92. The topological polar surface area (TPSA) is 58.2 Å². The first-order valence-electron chi connectivity index (χ1n) is 5.83. The molecule has 0 saturated heterocycles. The van der Waals surface area contributed by atoms with Crippen LogP contribution < -0.4 is 10.6 Å². The van der Waals surface area contributed by atoms with Crippen LogP contribution in [0.4, 0.5) is 11.4 Å². The van der Waals surface area contributed by atoms with E-state index in [-0.39, 0.29) is 11.8 Å². The summed E-state index contributed by atoms with van der Waals surface area (Å²) in [6.45, 7) is 5.24. The second-order valence-corrected chi connectivity index (χ2v) is 6.91. The van der Waals surface area contributed by atoms with Gasteiger partial charge in [-0.15, -0.1) is 0 Å². The van der Waals surface area contributed by atoms with Crippen LogP contribution in [-0.4, -0.2) is 16.1 Å². The molecule has 4 nitrogen and oxygen atoms in total. The van der Waals surface area contributed by atoms with Gasteiger partial charge in [-0.2, -0.15) is 0 Å². The lowest BCUT2D eigenvalue weighted by molar-refractivity contribution is -0.117. The Hall–Kier alpha value is -1.07. The minimum absolute atomic E-state index is 0.0968. The van der Waals surface area contributed by atoms with Crippen molar-refractivity contribution in [2.45, 2.75) is 31.5 Å². The van der Waals surface area contributed by atoms with Gasteiger partial charge in [0.1, 0.15) is 0 Å². The van der Waals surface area contributed by atoms with Gasteiger partial charge in [-0.25, -0.2) is 0 Å². The monoisotopic (exact) mass is 346 g/mol. The fourth-order valence-corrected chi connectivity index (χ4v) is 1.48. The van der Waals surface area contributed by atoms with Gasteiger partial charge in [-0.3, -0.25) is 9.59 Å². The highest BCUT2D eigenvalue weighted by molar-refractivity contribution is 9.10. The molecule has 0 aliphatic heterocycles. The molecule has 19 heavy (non-hydrogen) atoms. The average Bonchev–Trinajstić information content (AvgIpc) is 2.32. The lowest BCUT2D eigenvalue weighted by Gasteiger charge is -2.17. The summed E-state index contributed by atoms with van der Waals surface area (Å²) in [6, 6.07) is 4.95. The highest BCUT2D eigenvalue weighted by Crippen LogP contribution is 2.27. The van der Waals surface area contributed by atoms with Crippen LogP contribution in [-0.2, 0) is 9.59 Å². The smallest absolute Gasteiger partial charge is 0.240 e. The summed E-state index contributed by atoms with van der Waals surface area (Å²) in [5.74, 6) is -0.311. The summed E-state index contributed by atoms with van der Waals surface area (Å²) < 4.78 is -0.695. The van der Waals surface area contributed by atoms with Crippen molar-refractivity contribution in [2.75, 3.05) is 10.6 Å². The number of carbonyl (C=O) groups excluding carboxylic acids is 2. The Kier molecular flexibility index (Phi) is 5.38. The zero-order valence-electron chi connectivity index (χ0n) is 11.0. The first kappa shape index (κ1) is 16.0. The van der Waals surface area contributed by atoms with E-state index >= 15 is 0 Å². The van der Waals surface area contributed by atoms with Gasteiger partial charge in [0.2, 0.25) is 11.8 Å². The SMILES string of the molecule is CCC(=O)Nc1ccc(Cl)c(NC(=O)C(C)(C)Br)c1. The van der Waals surface area contributed by atoms with Crippen molar-refractivity contribution in [3.63, 3.8) is 0 Å². The van der Waals surface area contributed by atoms with Crippen molar-refractivity contribution < 1.29 is 9.59 Å². The molecule has 1 rings (SSSR count). The third kappa shape index (κ3) is 4.84. The first-order chi connectivity index (χ1) is 8.74. The number of benzene rings is 1. The number of rotatable bonds is 4. The van der Waals surface area contributed by atoms with Crippen LogP contribution >= 0.6 is 27.5 Å². The first-order valence-corrected chi connectivity index (χ1v) is 7.01. The van der Waals surface area contributed by atoms with Crippen LogP contribution in [0.15, 0.2) is 18.2 Å². The number of halogens is 2. The van der Waals surface area contributed by atoms with Gasteiger partial charge in [0.05, 0.1) is 15.0 Å². The number of nitrogens with one attached hydrogen (secondary N) is 2. The van der Waals surface area contributed by atoms with Crippen molar-refractivity contribution in [2.24, 2.45) is 0 Å². The molecule has 1 aromatic rings. The predicted molar refractivity (Wildman–Crippen MR) is 82.0 cm³/mol. The summed E-state index contributed by atoms with van der Waals surface area (Å²) in [7, 11) is 0. The Morgan fingerprint density at radius 2 is 1.95 bits per heavy atom. The molecule has 6 heteroatoms. The molecule has 0 atom stereocenters. The van der Waals surface area contributed by atoms with Crippen LogP contribution in [0.1, 0.15) is 27.2 Å². The van der Waals surface area contributed by atoms with Crippen LogP contribution in [0.2, 0.25) is 5.02 Å². The highest BCUT2D eigenvalue weighted by atomic mass is 79.9. The minimum atomic E-state index is -0.695. The lowest BCUT2D eigenvalue weighted by Crippen LogP contribution is -2.31. The third-order valence-corrected chi connectivity index (χ3v) is 3.05. The zero-order valence-corrected chi connectivity index (χ0v) is 13.4. The summed E-state index contributed by atoms with van der Waals surface area (Å²) in [4.78, 5) is 23.2. The number of carbonyl (C=O) groups is 2. The fourth-order valence-electron chi connectivity index (χ4n) is 1.22. The maximum atomic E-state index is 11.9. The lowest BCUT2D eigenvalue weighted by atomic mass is 10.2. The van der Waals surface area contributed by atoms with Crippen LogP contribution in [0.25, 0.3) is 0 Å². The molecule has 2 N–H and O–H groups in total. The van der Waals surface area contributed by atoms with E-state index in [0.717, 1.165) is 0 Å². The van der Waals surface area contributed by atoms with Crippen molar-refractivity contribution in [3.8, 4) is 0 Å². The Labute approximate surface area is 126 Å². The van der Waals surface area contributed by atoms with Gasteiger partial charge in [0.25, 0.3) is 0 Å². The van der Waals surface area contributed by atoms with Gasteiger partial charge in [-0.05, 0) is 32.0 Å². The van der Waals surface area contributed by atoms with E-state index in [1.54, 1.807) is 39.0 Å². The third-order valence-electron chi connectivity index (χ3n) is 2.36. The second-order valence-electron chi connectivity index (χ2n) is 4.52. The Bertz CT molecular complexity index is 498. The summed E-state index contributed by atoms with van der Waals surface area (Å²) in [6.07, 6.45) is 0.388. The molecule has 0 unspecified atom stereocenters. The average molecular weight is 348 g/mol. The number of anilines is 2. The summed E-state index contributed by atoms with van der Waals surface area (Å²) in [5.41, 5.74) is 1.06. The van der Waals surface area contributed by atoms with E-state index in [2.05, 4.69) is 26.6 Å². The van der Waals surface area contributed by atoms with Crippen LogP contribution in [0.5, 0.6) is 0 Å². The summed E-state index contributed by atoms with van der Waals surface area (Å²) in [5, 5.41) is 5.84. The Morgan fingerprint density at radius 1 is 1.32 bits per heavy atom. The molecule has 104 valence electrons. The molecule has 0 bridgehead atoms. The predicted octanol–water partition coefficient (Wildman–Crippen LogP) is 3.80. The number of hydrogen-bond donors (Lipinski definition) is 2. The van der Waals surface area contributed by atoms with E-state index in [9.17, 15) is 9.59 Å². The number of amides is 2. The van der Waals surface area contributed by atoms with Gasteiger partial charge in [-0.1, -0.05) is 34.5 Å². The molecule has 0 spiro atoms. The normalized spacial score (nSPS) is 11.0. The number of alkyl halides is 1. The van der Waals surface area contributed by atoms with E-state index in [1.165, 1.54) is 0 Å². The van der Waals surface area contributed by atoms with Crippen molar-refractivity contribution in [3.05, 3.63) is 23.2 Å². The maximum Gasteiger partial charge on any atom is 0.240 e. The van der Waals surface area contributed by atoms with Gasteiger partial charge in [0, 0.05) is 12.1 Å². The molecule has 0 aliphatic carbocycles. The Morgan fingerprint density at radius 3 is 2.47 bits per heavy atom. The van der Waals surface area contributed by atoms with E-state index in [4.69, 9.17) is 11.6 Å². The molecule has 0 fully saturated rings. The van der Waals surface area contributed by atoms with Crippen molar-refractivity contribution in [1.29, 1.82) is 0 Å². The molecule has 0 heterocycles. The molecule has 0 saturated carbocycles. The van der Waals surface area contributed by atoms with Crippen molar-refractivity contribution in [1.82, 2.24) is 0 Å². The molecule has 0 radical (unpaired) electrons. The fraction of sp³-hybridized carbons (Fsp3) is 0.385. The summed E-state index contributed by atoms with van der Waals surface area (Å²) >= 11 is 9.29. The van der Waals surface area contributed by atoms with E-state index < -0.39 is 4.32 Å². The number of hydrogen-bond acceptors (Lipinski definition) is 2.